The third-order valence-corrected chi connectivity index (χ3v) is 3.97. The first-order valence-corrected chi connectivity index (χ1v) is 7.42. The van der Waals surface area contributed by atoms with E-state index >= 15 is 0 Å². The fourth-order valence-electron chi connectivity index (χ4n) is 2.58. The van der Waals surface area contributed by atoms with Gasteiger partial charge in [-0.15, -0.1) is 0 Å². The number of rotatable bonds is 5. The molecule has 0 spiro atoms. The Labute approximate surface area is 120 Å². The van der Waals surface area contributed by atoms with Crippen molar-refractivity contribution in [2.45, 2.75) is 38.7 Å². The van der Waals surface area contributed by atoms with E-state index in [0.717, 1.165) is 31.2 Å². The maximum absolute atomic E-state index is 11.7. The largest absolute Gasteiger partial charge is 0.393 e. The van der Waals surface area contributed by atoms with Crippen molar-refractivity contribution in [3.63, 3.8) is 0 Å². The van der Waals surface area contributed by atoms with Gasteiger partial charge in [-0.3, -0.25) is 4.79 Å². The number of carbonyl (C=O) groups excluding carboxylic acids is 1. The van der Waals surface area contributed by atoms with E-state index in [1.54, 1.807) is 6.08 Å². The Morgan fingerprint density at radius 2 is 2.10 bits per heavy atom. The highest BCUT2D eigenvalue weighted by molar-refractivity contribution is 5.91. The van der Waals surface area contributed by atoms with E-state index in [0.29, 0.717) is 6.54 Å². The Morgan fingerprint density at radius 3 is 2.70 bits per heavy atom. The number of hydrogen-bond acceptors (Lipinski definition) is 2. The molecular weight excluding hydrogens is 250 g/mol. The summed E-state index contributed by atoms with van der Waals surface area (Å²) in [6, 6.07) is 8.19. The molecule has 0 saturated heterocycles. The molecule has 1 aliphatic rings. The van der Waals surface area contributed by atoms with Crippen molar-refractivity contribution in [2.75, 3.05) is 6.54 Å². The van der Waals surface area contributed by atoms with Gasteiger partial charge in [0.05, 0.1) is 6.10 Å². The monoisotopic (exact) mass is 273 g/mol. The van der Waals surface area contributed by atoms with Gasteiger partial charge in [0.15, 0.2) is 0 Å². The molecule has 1 aromatic carbocycles. The third kappa shape index (κ3) is 4.20. The predicted molar refractivity (Wildman–Crippen MR) is 81.2 cm³/mol. The number of aliphatic hydroxyl groups excluding tert-OH is 1. The number of amides is 1. The van der Waals surface area contributed by atoms with Crippen LogP contribution in [0.4, 0.5) is 0 Å². The lowest BCUT2D eigenvalue weighted by Crippen LogP contribution is -2.31. The van der Waals surface area contributed by atoms with Crippen LogP contribution >= 0.6 is 0 Å². The molecule has 2 rings (SSSR count). The Hall–Kier alpha value is -1.61. The first-order valence-electron chi connectivity index (χ1n) is 7.42. The first-order chi connectivity index (χ1) is 9.69. The molecule has 2 unspecified atom stereocenters. The lowest BCUT2D eigenvalue weighted by Gasteiger charge is -2.13. The molecule has 20 heavy (non-hydrogen) atoms. The van der Waals surface area contributed by atoms with Crippen LogP contribution in [0.25, 0.3) is 6.08 Å². The molecule has 2 atom stereocenters. The van der Waals surface area contributed by atoms with E-state index < -0.39 is 0 Å². The van der Waals surface area contributed by atoms with Crippen molar-refractivity contribution < 1.29 is 9.90 Å². The molecule has 3 heteroatoms. The summed E-state index contributed by atoms with van der Waals surface area (Å²) in [5, 5.41) is 12.6. The van der Waals surface area contributed by atoms with Crippen molar-refractivity contribution in [2.24, 2.45) is 5.92 Å². The predicted octanol–water partition coefficient (Wildman–Crippen LogP) is 2.54. The van der Waals surface area contributed by atoms with Gasteiger partial charge in [0.2, 0.25) is 5.91 Å². The van der Waals surface area contributed by atoms with Crippen molar-refractivity contribution >= 4 is 12.0 Å². The van der Waals surface area contributed by atoms with E-state index in [1.165, 1.54) is 5.56 Å². The molecule has 1 aliphatic carbocycles. The molecule has 0 aromatic heterocycles. The zero-order chi connectivity index (χ0) is 14.4. The lowest BCUT2D eigenvalue weighted by molar-refractivity contribution is -0.116. The van der Waals surface area contributed by atoms with E-state index in [4.69, 9.17) is 0 Å². The minimum absolute atomic E-state index is 0.0938. The summed E-state index contributed by atoms with van der Waals surface area (Å²) in [6.07, 6.45) is 7.07. The van der Waals surface area contributed by atoms with Gasteiger partial charge in [0.25, 0.3) is 0 Å². The number of carbonyl (C=O) groups is 1. The average Bonchev–Trinajstić information content (AvgIpc) is 2.89. The smallest absolute Gasteiger partial charge is 0.244 e. The summed E-state index contributed by atoms with van der Waals surface area (Å²) in [5.41, 5.74) is 2.32. The van der Waals surface area contributed by atoms with E-state index in [1.807, 2.05) is 18.2 Å². The van der Waals surface area contributed by atoms with Crippen LogP contribution in [0, 0.1) is 5.92 Å². The number of benzene rings is 1. The molecule has 0 radical (unpaired) electrons. The SMILES string of the molecule is CCc1ccc(C=CC(=O)NCC2CCCC2O)cc1. The molecule has 1 saturated carbocycles. The van der Waals surface area contributed by atoms with Crippen LogP contribution in [0.1, 0.15) is 37.3 Å². The van der Waals surface area contributed by atoms with Gasteiger partial charge in [-0.25, -0.2) is 0 Å². The van der Waals surface area contributed by atoms with Crippen molar-refractivity contribution in [1.29, 1.82) is 0 Å². The highest BCUT2D eigenvalue weighted by Gasteiger charge is 2.24. The Balaban J connectivity index is 1.79. The van der Waals surface area contributed by atoms with Gasteiger partial charge >= 0.3 is 0 Å². The van der Waals surface area contributed by atoms with E-state index in [2.05, 4.69) is 24.4 Å². The summed E-state index contributed by atoms with van der Waals surface area (Å²) in [5.74, 6) is 0.125. The molecule has 2 N–H and O–H groups in total. The summed E-state index contributed by atoms with van der Waals surface area (Å²) in [4.78, 5) is 11.7. The summed E-state index contributed by atoms with van der Waals surface area (Å²) < 4.78 is 0. The van der Waals surface area contributed by atoms with Crippen LogP contribution in [0.3, 0.4) is 0 Å². The zero-order valence-corrected chi connectivity index (χ0v) is 12.0. The van der Waals surface area contributed by atoms with Gasteiger partial charge in [-0.05, 0) is 36.5 Å². The maximum Gasteiger partial charge on any atom is 0.244 e. The number of hydrogen-bond donors (Lipinski definition) is 2. The van der Waals surface area contributed by atoms with Crippen LogP contribution in [0.2, 0.25) is 0 Å². The molecule has 1 aromatic rings. The number of nitrogens with one attached hydrogen (secondary N) is 1. The minimum atomic E-state index is -0.249. The lowest BCUT2D eigenvalue weighted by atomic mass is 10.1. The second-order valence-corrected chi connectivity index (χ2v) is 5.43. The summed E-state index contributed by atoms with van der Waals surface area (Å²) in [6.45, 7) is 2.69. The van der Waals surface area contributed by atoms with Gasteiger partial charge in [0, 0.05) is 18.5 Å². The van der Waals surface area contributed by atoms with Crippen LogP contribution in [0.15, 0.2) is 30.3 Å². The van der Waals surface area contributed by atoms with Crippen LogP contribution in [-0.2, 0) is 11.2 Å². The first kappa shape index (κ1) is 14.8. The van der Waals surface area contributed by atoms with Crippen molar-refractivity contribution in [3.8, 4) is 0 Å². The molecule has 3 nitrogen and oxygen atoms in total. The average molecular weight is 273 g/mol. The van der Waals surface area contributed by atoms with Crippen molar-refractivity contribution in [3.05, 3.63) is 41.5 Å². The molecule has 108 valence electrons. The normalized spacial score (nSPS) is 22.3. The Bertz CT molecular complexity index is 464. The topological polar surface area (TPSA) is 49.3 Å². The zero-order valence-electron chi connectivity index (χ0n) is 12.0. The summed E-state index contributed by atoms with van der Waals surface area (Å²) >= 11 is 0. The van der Waals surface area contributed by atoms with Gasteiger partial charge in [-0.2, -0.15) is 0 Å². The quantitative estimate of drug-likeness (QED) is 0.810. The second kappa shape index (κ2) is 7.25. The van der Waals surface area contributed by atoms with Gasteiger partial charge < -0.3 is 10.4 Å². The number of aliphatic hydroxyl groups is 1. The van der Waals surface area contributed by atoms with Crippen LogP contribution in [0.5, 0.6) is 0 Å². The van der Waals surface area contributed by atoms with Crippen LogP contribution in [-0.4, -0.2) is 23.7 Å². The second-order valence-electron chi connectivity index (χ2n) is 5.43. The third-order valence-electron chi connectivity index (χ3n) is 3.97. The minimum Gasteiger partial charge on any atom is -0.393 e. The molecular formula is C17H23NO2. The van der Waals surface area contributed by atoms with Gasteiger partial charge in [-0.1, -0.05) is 37.6 Å². The molecule has 0 bridgehead atoms. The standard InChI is InChI=1S/C17H23NO2/c1-2-13-6-8-14(9-7-13)10-11-17(20)18-12-15-4-3-5-16(15)19/h6-11,15-16,19H,2-5,12H2,1H3,(H,18,20). The molecule has 0 aliphatic heterocycles. The number of aryl methyl sites for hydroxylation is 1. The van der Waals surface area contributed by atoms with Gasteiger partial charge in [0.1, 0.15) is 0 Å². The highest BCUT2D eigenvalue weighted by atomic mass is 16.3. The fraction of sp³-hybridized carbons (Fsp3) is 0.471. The van der Waals surface area contributed by atoms with E-state index in [-0.39, 0.29) is 17.9 Å². The molecule has 1 fully saturated rings. The Morgan fingerprint density at radius 1 is 1.35 bits per heavy atom. The van der Waals surface area contributed by atoms with Crippen molar-refractivity contribution in [1.82, 2.24) is 5.32 Å². The van der Waals surface area contributed by atoms with E-state index in [9.17, 15) is 9.90 Å². The van der Waals surface area contributed by atoms with Crippen LogP contribution < -0.4 is 5.32 Å². The summed E-state index contributed by atoms with van der Waals surface area (Å²) in [7, 11) is 0. The molecule has 0 heterocycles. The fourth-order valence-corrected chi connectivity index (χ4v) is 2.58. The maximum atomic E-state index is 11.7. The Kier molecular flexibility index (Phi) is 5.36. The molecule has 1 amide bonds. The highest BCUT2D eigenvalue weighted by Crippen LogP contribution is 2.24.